The summed E-state index contributed by atoms with van der Waals surface area (Å²) in [4.78, 5) is 24.8. The zero-order chi connectivity index (χ0) is 24.1. The van der Waals surface area contributed by atoms with E-state index in [1.54, 1.807) is 0 Å². The number of pyridine rings is 1. The summed E-state index contributed by atoms with van der Waals surface area (Å²) in [6.45, 7) is 6.78. The second kappa shape index (κ2) is 10.5. The number of alkyl halides is 2. The topological polar surface area (TPSA) is 88.0 Å². The molecule has 1 aliphatic rings. The van der Waals surface area contributed by atoms with Crippen LogP contribution < -0.4 is 5.32 Å². The highest BCUT2D eigenvalue weighted by molar-refractivity contribution is 5.75. The lowest BCUT2D eigenvalue weighted by atomic mass is 9.92. The van der Waals surface area contributed by atoms with Gasteiger partial charge >= 0.3 is 5.97 Å². The number of carboxylic acids is 1. The van der Waals surface area contributed by atoms with Gasteiger partial charge in [-0.15, -0.1) is 0 Å². The molecule has 2 aromatic heterocycles. The summed E-state index contributed by atoms with van der Waals surface area (Å²) in [6.07, 6.45) is 5.75. The maximum atomic E-state index is 14.5. The van der Waals surface area contributed by atoms with Crippen molar-refractivity contribution < 1.29 is 18.7 Å². The van der Waals surface area contributed by atoms with Crippen molar-refractivity contribution in [3.05, 3.63) is 47.2 Å². The number of hydrogen-bond donors (Lipinski definition) is 2. The van der Waals surface area contributed by atoms with Crippen LogP contribution in [-0.4, -0.2) is 38.5 Å². The van der Waals surface area contributed by atoms with E-state index in [9.17, 15) is 18.7 Å². The van der Waals surface area contributed by atoms with Gasteiger partial charge in [0.15, 0.2) is 0 Å². The molecule has 33 heavy (non-hydrogen) atoms. The summed E-state index contributed by atoms with van der Waals surface area (Å²) in [5.74, 6) is -3.58. The number of nitrogens with one attached hydrogen (secondary N) is 1. The van der Waals surface area contributed by atoms with Crippen LogP contribution in [0.2, 0.25) is 0 Å². The van der Waals surface area contributed by atoms with E-state index in [1.807, 2.05) is 26.8 Å². The first-order valence-corrected chi connectivity index (χ1v) is 11.7. The standard InChI is InChI=1S/C25H34F2N4O2/c1-24(2,3)23-29-15-18(16-30-23)20(22(32)33)11-13-25(26,27)12-5-4-8-19-10-9-17-7-6-14-28-21(17)31-19/h9-10,15-16,20H,4-8,11-14H2,1-3H3,(H,28,31)(H,32,33)/t20-/m0/s1. The number of anilines is 1. The van der Waals surface area contributed by atoms with Gasteiger partial charge in [-0.3, -0.25) is 4.79 Å². The Labute approximate surface area is 194 Å². The molecule has 0 amide bonds. The Balaban J connectivity index is 1.48. The second-order valence-electron chi connectivity index (χ2n) is 9.92. The van der Waals surface area contributed by atoms with E-state index < -0.39 is 24.2 Å². The lowest BCUT2D eigenvalue weighted by molar-refractivity contribution is -0.139. The van der Waals surface area contributed by atoms with E-state index in [-0.39, 0.29) is 18.3 Å². The van der Waals surface area contributed by atoms with Crippen molar-refractivity contribution in [3.8, 4) is 0 Å². The van der Waals surface area contributed by atoms with Crippen LogP contribution in [0.15, 0.2) is 24.5 Å². The molecular weight excluding hydrogens is 426 g/mol. The van der Waals surface area contributed by atoms with Crippen LogP contribution in [0.5, 0.6) is 0 Å². The van der Waals surface area contributed by atoms with Gasteiger partial charge in [0.2, 0.25) is 5.92 Å². The maximum Gasteiger partial charge on any atom is 0.311 e. The van der Waals surface area contributed by atoms with Gasteiger partial charge in [-0.25, -0.2) is 23.7 Å². The lowest BCUT2D eigenvalue weighted by Gasteiger charge is -2.20. The molecule has 8 heteroatoms. The van der Waals surface area contributed by atoms with Crippen molar-refractivity contribution in [2.45, 2.75) is 89.4 Å². The van der Waals surface area contributed by atoms with E-state index >= 15 is 0 Å². The van der Waals surface area contributed by atoms with Crippen LogP contribution in [0, 0.1) is 0 Å². The third kappa shape index (κ3) is 7.17. The van der Waals surface area contributed by atoms with E-state index in [0.29, 0.717) is 30.7 Å². The molecule has 2 aromatic rings. The van der Waals surface area contributed by atoms with Gasteiger partial charge in [-0.05, 0) is 50.2 Å². The predicted molar refractivity (Wildman–Crippen MR) is 124 cm³/mol. The Morgan fingerprint density at radius 3 is 2.55 bits per heavy atom. The highest BCUT2D eigenvalue weighted by Gasteiger charge is 2.32. The first-order chi connectivity index (χ1) is 15.5. The SMILES string of the molecule is CC(C)(C)c1ncc([C@H](CCC(F)(F)CCCCc2ccc3c(n2)NCCC3)C(=O)O)cn1. The Bertz CT molecular complexity index is 942. The van der Waals surface area contributed by atoms with Crippen LogP contribution in [0.4, 0.5) is 14.6 Å². The third-order valence-electron chi connectivity index (χ3n) is 6.02. The van der Waals surface area contributed by atoms with Gasteiger partial charge in [0, 0.05) is 48.5 Å². The van der Waals surface area contributed by atoms with Gasteiger partial charge in [-0.1, -0.05) is 26.8 Å². The summed E-state index contributed by atoms with van der Waals surface area (Å²) in [6, 6.07) is 4.05. The molecule has 6 nitrogen and oxygen atoms in total. The minimum atomic E-state index is -2.91. The Kier molecular flexibility index (Phi) is 7.97. The maximum absolute atomic E-state index is 14.5. The zero-order valence-electron chi connectivity index (χ0n) is 19.7. The molecule has 0 aliphatic carbocycles. The Morgan fingerprint density at radius 1 is 1.15 bits per heavy atom. The fourth-order valence-electron chi connectivity index (χ4n) is 4.02. The summed E-state index contributed by atoms with van der Waals surface area (Å²) in [7, 11) is 0. The molecule has 0 spiro atoms. The van der Waals surface area contributed by atoms with Crippen molar-refractivity contribution >= 4 is 11.8 Å². The fraction of sp³-hybridized carbons (Fsp3) is 0.600. The molecule has 3 rings (SSSR count). The smallest absolute Gasteiger partial charge is 0.311 e. The quantitative estimate of drug-likeness (QED) is 0.454. The molecule has 0 saturated carbocycles. The van der Waals surface area contributed by atoms with Crippen molar-refractivity contribution in [2.24, 2.45) is 0 Å². The Hall–Kier alpha value is -2.64. The van der Waals surface area contributed by atoms with Gasteiger partial charge in [-0.2, -0.15) is 0 Å². The van der Waals surface area contributed by atoms with Gasteiger partial charge < -0.3 is 10.4 Å². The summed E-state index contributed by atoms with van der Waals surface area (Å²) in [5, 5.41) is 12.9. The highest BCUT2D eigenvalue weighted by Crippen LogP contribution is 2.32. The predicted octanol–water partition coefficient (Wildman–Crippen LogP) is 5.52. The zero-order valence-corrected chi connectivity index (χ0v) is 19.7. The highest BCUT2D eigenvalue weighted by atomic mass is 19.3. The second-order valence-corrected chi connectivity index (χ2v) is 9.92. The number of nitrogens with zero attached hydrogens (tertiary/aromatic N) is 3. The van der Waals surface area contributed by atoms with Crippen LogP contribution >= 0.6 is 0 Å². The van der Waals surface area contributed by atoms with Crippen molar-refractivity contribution in [3.63, 3.8) is 0 Å². The number of unbranched alkanes of at least 4 members (excludes halogenated alkanes) is 1. The van der Waals surface area contributed by atoms with Crippen LogP contribution in [0.3, 0.4) is 0 Å². The molecular formula is C25H34F2N4O2. The number of halogens is 2. The van der Waals surface area contributed by atoms with Crippen LogP contribution in [0.25, 0.3) is 0 Å². The average molecular weight is 461 g/mol. The number of aromatic nitrogens is 3. The molecule has 3 heterocycles. The monoisotopic (exact) mass is 460 g/mol. The van der Waals surface area contributed by atoms with Gasteiger partial charge in [0.05, 0.1) is 5.92 Å². The lowest BCUT2D eigenvalue weighted by Crippen LogP contribution is -2.21. The van der Waals surface area contributed by atoms with E-state index in [4.69, 9.17) is 0 Å². The number of carbonyl (C=O) groups is 1. The van der Waals surface area contributed by atoms with E-state index in [2.05, 4.69) is 26.3 Å². The molecule has 1 atom stereocenters. The van der Waals surface area contributed by atoms with Crippen LogP contribution in [-0.2, 0) is 23.1 Å². The normalized spacial score (nSPS) is 14.9. The largest absolute Gasteiger partial charge is 0.481 e. The number of fused-ring (bicyclic) bond motifs is 1. The fourth-order valence-corrected chi connectivity index (χ4v) is 4.02. The molecule has 0 aromatic carbocycles. The number of rotatable bonds is 10. The molecule has 0 fully saturated rings. The number of hydrogen-bond acceptors (Lipinski definition) is 5. The first-order valence-electron chi connectivity index (χ1n) is 11.7. The molecule has 0 unspecified atom stereocenters. The molecule has 0 radical (unpaired) electrons. The molecule has 180 valence electrons. The van der Waals surface area contributed by atoms with E-state index in [0.717, 1.165) is 30.9 Å². The average Bonchev–Trinajstić information content (AvgIpc) is 2.76. The molecule has 2 N–H and O–H groups in total. The van der Waals surface area contributed by atoms with Crippen molar-refractivity contribution in [2.75, 3.05) is 11.9 Å². The van der Waals surface area contributed by atoms with Crippen molar-refractivity contribution in [1.82, 2.24) is 15.0 Å². The first kappa shape index (κ1) is 25.0. The summed E-state index contributed by atoms with van der Waals surface area (Å²) >= 11 is 0. The minimum Gasteiger partial charge on any atom is -0.481 e. The van der Waals surface area contributed by atoms with Crippen LogP contribution in [0.1, 0.15) is 87.9 Å². The number of aryl methyl sites for hydroxylation is 2. The molecule has 0 saturated heterocycles. The summed E-state index contributed by atoms with van der Waals surface area (Å²) < 4.78 is 29.0. The number of carboxylic acid groups (broad SMARTS) is 1. The van der Waals surface area contributed by atoms with E-state index in [1.165, 1.54) is 18.0 Å². The molecule has 0 bridgehead atoms. The van der Waals surface area contributed by atoms with Gasteiger partial charge in [0.1, 0.15) is 11.6 Å². The summed E-state index contributed by atoms with van der Waals surface area (Å²) in [5.41, 5.74) is 2.22. The minimum absolute atomic E-state index is 0.154. The molecule has 1 aliphatic heterocycles. The van der Waals surface area contributed by atoms with Crippen molar-refractivity contribution in [1.29, 1.82) is 0 Å². The third-order valence-corrected chi connectivity index (χ3v) is 6.02. The van der Waals surface area contributed by atoms with Gasteiger partial charge in [0.25, 0.3) is 0 Å². The number of aliphatic carboxylic acids is 1. The Morgan fingerprint density at radius 2 is 1.88 bits per heavy atom.